The lowest BCUT2D eigenvalue weighted by atomic mass is 10.2. The van der Waals surface area contributed by atoms with Crippen LogP contribution in [0.15, 0.2) is 36.4 Å². The van der Waals surface area contributed by atoms with Gasteiger partial charge in [-0.05, 0) is 30.7 Å². The average molecular weight is 379 g/mol. The second-order valence-corrected chi connectivity index (χ2v) is 5.98. The molecule has 0 saturated carbocycles. The Bertz CT molecular complexity index is 752. The third-order valence-electron chi connectivity index (χ3n) is 3.60. The van der Waals surface area contributed by atoms with Gasteiger partial charge in [0.2, 0.25) is 5.91 Å². The van der Waals surface area contributed by atoms with Crippen molar-refractivity contribution in [2.45, 2.75) is 6.92 Å². The number of nitrogens with one attached hydrogen (secondary N) is 2. The summed E-state index contributed by atoms with van der Waals surface area (Å²) < 4.78 is 15.8. The third kappa shape index (κ3) is 5.82. The molecule has 0 unspecified atom stereocenters. The normalized spacial score (nSPS) is 10.3. The third-order valence-corrected chi connectivity index (χ3v) is 4.01. The van der Waals surface area contributed by atoms with Crippen molar-refractivity contribution in [1.82, 2.24) is 0 Å². The lowest BCUT2D eigenvalue weighted by Gasteiger charge is -2.13. The highest BCUT2D eigenvalue weighted by Crippen LogP contribution is 2.30. The van der Waals surface area contributed by atoms with E-state index in [9.17, 15) is 4.79 Å². The van der Waals surface area contributed by atoms with Crippen LogP contribution in [0.1, 0.15) is 5.56 Å². The van der Waals surface area contributed by atoms with E-state index in [1.807, 2.05) is 31.2 Å². The molecule has 0 aliphatic heterocycles. The van der Waals surface area contributed by atoms with E-state index >= 15 is 0 Å². The van der Waals surface area contributed by atoms with Crippen molar-refractivity contribution < 1.29 is 19.0 Å². The molecule has 2 rings (SSSR count). The van der Waals surface area contributed by atoms with Gasteiger partial charge in [-0.1, -0.05) is 17.7 Å². The maximum absolute atomic E-state index is 12.2. The van der Waals surface area contributed by atoms with Gasteiger partial charge in [0.1, 0.15) is 18.1 Å². The van der Waals surface area contributed by atoms with Crippen LogP contribution in [0.2, 0.25) is 5.02 Å². The average Bonchev–Trinajstić information content (AvgIpc) is 2.63. The van der Waals surface area contributed by atoms with Crippen molar-refractivity contribution >= 4 is 28.9 Å². The van der Waals surface area contributed by atoms with Crippen molar-refractivity contribution in [3.63, 3.8) is 0 Å². The highest BCUT2D eigenvalue weighted by Gasteiger charge is 2.10. The molecule has 0 atom stereocenters. The van der Waals surface area contributed by atoms with E-state index in [0.717, 1.165) is 11.3 Å². The molecule has 0 spiro atoms. The number of amides is 1. The molecule has 0 radical (unpaired) electrons. The van der Waals surface area contributed by atoms with E-state index in [4.69, 9.17) is 25.8 Å². The van der Waals surface area contributed by atoms with Crippen LogP contribution in [0, 0.1) is 6.92 Å². The van der Waals surface area contributed by atoms with Crippen molar-refractivity contribution in [1.29, 1.82) is 0 Å². The first-order valence-electron chi connectivity index (χ1n) is 8.13. The van der Waals surface area contributed by atoms with E-state index < -0.39 is 0 Å². The van der Waals surface area contributed by atoms with Gasteiger partial charge >= 0.3 is 0 Å². The molecule has 26 heavy (non-hydrogen) atoms. The zero-order valence-electron chi connectivity index (χ0n) is 15.1. The van der Waals surface area contributed by atoms with E-state index in [-0.39, 0.29) is 12.5 Å². The SMILES string of the molecule is COCCOc1cccc(NCC(=O)Nc2cc(C)c(Cl)cc2OC)c1. The summed E-state index contributed by atoms with van der Waals surface area (Å²) in [5.41, 5.74) is 2.23. The van der Waals surface area contributed by atoms with Gasteiger partial charge in [0, 0.05) is 30.0 Å². The number of hydrogen-bond donors (Lipinski definition) is 2. The van der Waals surface area contributed by atoms with E-state index in [1.165, 1.54) is 7.11 Å². The summed E-state index contributed by atoms with van der Waals surface area (Å²) in [6.07, 6.45) is 0. The number of rotatable bonds is 9. The molecule has 0 fully saturated rings. The highest BCUT2D eigenvalue weighted by atomic mass is 35.5. The van der Waals surface area contributed by atoms with Gasteiger partial charge in [0.15, 0.2) is 0 Å². The number of carbonyl (C=O) groups excluding carboxylic acids is 1. The molecule has 0 aliphatic rings. The first-order chi connectivity index (χ1) is 12.5. The van der Waals surface area contributed by atoms with Crippen molar-refractivity contribution in [3.05, 3.63) is 47.0 Å². The minimum Gasteiger partial charge on any atom is -0.495 e. The predicted octanol–water partition coefficient (Wildman–Crippen LogP) is 3.73. The summed E-state index contributed by atoms with van der Waals surface area (Å²) >= 11 is 6.08. The molecule has 0 aromatic heterocycles. The smallest absolute Gasteiger partial charge is 0.243 e. The fourth-order valence-electron chi connectivity index (χ4n) is 2.25. The van der Waals surface area contributed by atoms with Crippen molar-refractivity contribution in [2.75, 3.05) is 44.6 Å². The second-order valence-electron chi connectivity index (χ2n) is 5.57. The lowest BCUT2D eigenvalue weighted by Crippen LogP contribution is -2.22. The minimum atomic E-state index is -0.198. The Kier molecular flexibility index (Phi) is 7.56. The first-order valence-corrected chi connectivity index (χ1v) is 8.51. The summed E-state index contributed by atoms with van der Waals surface area (Å²) in [6, 6.07) is 10.9. The summed E-state index contributed by atoms with van der Waals surface area (Å²) in [5, 5.41) is 6.48. The monoisotopic (exact) mass is 378 g/mol. The quantitative estimate of drug-likeness (QED) is 0.651. The molecule has 2 N–H and O–H groups in total. The Morgan fingerprint density at radius 1 is 1.15 bits per heavy atom. The molecule has 0 aliphatic carbocycles. The van der Waals surface area contributed by atoms with Gasteiger partial charge in [-0.3, -0.25) is 4.79 Å². The molecule has 7 heteroatoms. The van der Waals surface area contributed by atoms with E-state index in [2.05, 4.69) is 10.6 Å². The molecular weight excluding hydrogens is 356 g/mol. The largest absolute Gasteiger partial charge is 0.495 e. The van der Waals surface area contributed by atoms with Gasteiger partial charge in [0.05, 0.1) is 25.9 Å². The molecule has 140 valence electrons. The van der Waals surface area contributed by atoms with Gasteiger partial charge < -0.3 is 24.8 Å². The number of methoxy groups -OCH3 is 2. The molecule has 0 saturated heterocycles. The summed E-state index contributed by atoms with van der Waals surface area (Å²) in [6.45, 7) is 2.95. The fraction of sp³-hybridized carbons (Fsp3) is 0.316. The predicted molar refractivity (Wildman–Crippen MR) is 104 cm³/mol. The highest BCUT2D eigenvalue weighted by molar-refractivity contribution is 6.31. The van der Waals surface area contributed by atoms with Crippen LogP contribution in [-0.2, 0) is 9.53 Å². The standard InChI is InChI=1S/C19H23ClN2O4/c1-13-9-17(18(25-3)11-16(13)20)22-19(23)12-21-14-5-4-6-15(10-14)26-8-7-24-2/h4-6,9-11,21H,7-8,12H2,1-3H3,(H,22,23). The number of halogens is 1. The Balaban J connectivity index is 1.93. The number of anilines is 2. The minimum absolute atomic E-state index is 0.104. The van der Waals surface area contributed by atoms with Crippen LogP contribution in [0.3, 0.4) is 0 Å². The van der Waals surface area contributed by atoms with Crippen LogP contribution in [-0.4, -0.2) is 39.9 Å². The Labute approximate surface area is 158 Å². The maximum atomic E-state index is 12.2. The number of hydrogen-bond acceptors (Lipinski definition) is 5. The molecular formula is C19H23ClN2O4. The second kappa shape index (κ2) is 9.89. The Morgan fingerprint density at radius 3 is 2.69 bits per heavy atom. The van der Waals surface area contributed by atoms with Gasteiger partial charge in [-0.15, -0.1) is 0 Å². The van der Waals surface area contributed by atoms with Crippen molar-refractivity contribution in [2.24, 2.45) is 0 Å². The van der Waals surface area contributed by atoms with Crippen LogP contribution >= 0.6 is 11.6 Å². The Morgan fingerprint density at radius 2 is 1.96 bits per heavy atom. The molecule has 1 amide bonds. The molecule has 6 nitrogen and oxygen atoms in total. The van der Waals surface area contributed by atoms with Crippen LogP contribution in [0.5, 0.6) is 11.5 Å². The zero-order chi connectivity index (χ0) is 18.9. The van der Waals surface area contributed by atoms with Crippen LogP contribution in [0.25, 0.3) is 0 Å². The zero-order valence-corrected chi connectivity index (χ0v) is 15.9. The van der Waals surface area contributed by atoms with Crippen LogP contribution in [0.4, 0.5) is 11.4 Å². The maximum Gasteiger partial charge on any atom is 0.243 e. The number of carbonyl (C=O) groups is 1. The van der Waals surface area contributed by atoms with E-state index in [1.54, 1.807) is 19.2 Å². The number of ether oxygens (including phenoxy) is 3. The van der Waals surface area contributed by atoms with Gasteiger partial charge in [-0.25, -0.2) is 0 Å². The van der Waals surface area contributed by atoms with Crippen LogP contribution < -0.4 is 20.1 Å². The number of benzene rings is 2. The summed E-state index contributed by atoms with van der Waals surface area (Å²) in [4.78, 5) is 12.2. The topological polar surface area (TPSA) is 68.8 Å². The first kappa shape index (κ1) is 19.9. The number of aryl methyl sites for hydroxylation is 1. The van der Waals surface area contributed by atoms with E-state index in [0.29, 0.717) is 35.4 Å². The van der Waals surface area contributed by atoms with Gasteiger partial charge in [0.25, 0.3) is 0 Å². The fourth-order valence-corrected chi connectivity index (χ4v) is 2.40. The van der Waals surface area contributed by atoms with Crippen molar-refractivity contribution in [3.8, 4) is 11.5 Å². The van der Waals surface area contributed by atoms with Gasteiger partial charge in [-0.2, -0.15) is 0 Å². The molecule has 0 heterocycles. The molecule has 0 bridgehead atoms. The molecule has 2 aromatic rings. The Hall–Kier alpha value is -2.44. The summed E-state index contributed by atoms with van der Waals surface area (Å²) in [7, 11) is 3.15. The summed E-state index contributed by atoms with van der Waals surface area (Å²) in [5.74, 6) is 1.03. The molecule has 2 aromatic carbocycles. The lowest BCUT2D eigenvalue weighted by molar-refractivity contribution is -0.114.